The van der Waals surface area contributed by atoms with Gasteiger partial charge in [0.1, 0.15) is 17.5 Å². The molecule has 8 heteroatoms. The van der Waals surface area contributed by atoms with Crippen LogP contribution in [0.2, 0.25) is 0 Å². The fraction of sp³-hybridized carbons (Fsp3) is 0.500. The number of benzene rings is 1. The highest BCUT2D eigenvalue weighted by molar-refractivity contribution is 7.80. The van der Waals surface area contributed by atoms with Gasteiger partial charge in [-0.15, -0.1) is 0 Å². The van der Waals surface area contributed by atoms with E-state index in [0.29, 0.717) is 23.6 Å². The van der Waals surface area contributed by atoms with Crippen LogP contribution in [0.5, 0.6) is 0 Å². The number of hydrogen-bond acceptors (Lipinski definition) is 5. The Morgan fingerprint density at radius 1 is 1.07 bits per heavy atom. The molecular weight excluding hydrogens is 399 g/mol. The van der Waals surface area contributed by atoms with Crippen LogP contribution in [-0.4, -0.2) is 40.8 Å². The third kappa shape index (κ3) is 5.16. The molecule has 2 N–H and O–H groups in total. The summed E-state index contributed by atoms with van der Waals surface area (Å²) in [5.41, 5.74) is 0.954. The van der Waals surface area contributed by atoms with Gasteiger partial charge in [-0.05, 0) is 68.9 Å². The topological polar surface area (TPSA) is 56.3 Å². The first-order chi connectivity index (χ1) is 14.6. The van der Waals surface area contributed by atoms with E-state index in [-0.39, 0.29) is 5.82 Å². The SMILES string of the molecule is C[C@@H]1CCCCN1c1cc(N2CCCC2)nc(NC(=S)NCc2ccc(F)cc2)n1. The number of aromatic nitrogens is 2. The summed E-state index contributed by atoms with van der Waals surface area (Å²) in [5, 5.41) is 6.76. The summed E-state index contributed by atoms with van der Waals surface area (Å²) in [6, 6.07) is 8.96. The maximum Gasteiger partial charge on any atom is 0.232 e. The average molecular weight is 429 g/mol. The van der Waals surface area contributed by atoms with E-state index in [9.17, 15) is 4.39 Å². The second kappa shape index (κ2) is 9.55. The number of nitrogens with zero attached hydrogens (tertiary/aromatic N) is 4. The minimum absolute atomic E-state index is 0.244. The lowest BCUT2D eigenvalue weighted by Crippen LogP contribution is -2.38. The Labute approximate surface area is 182 Å². The molecule has 0 unspecified atom stereocenters. The molecule has 0 saturated carbocycles. The molecule has 1 aromatic heterocycles. The first kappa shape index (κ1) is 20.8. The second-order valence-corrected chi connectivity index (χ2v) is 8.48. The van der Waals surface area contributed by atoms with Crippen LogP contribution in [0.1, 0.15) is 44.6 Å². The van der Waals surface area contributed by atoms with Crippen molar-refractivity contribution in [2.75, 3.05) is 34.8 Å². The predicted molar refractivity (Wildman–Crippen MR) is 124 cm³/mol. The van der Waals surface area contributed by atoms with Gasteiger partial charge in [0.15, 0.2) is 5.11 Å². The van der Waals surface area contributed by atoms with Crippen molar-refractivity contribution in [3.05, 3.63) is 41.7 Å². The predicted octanol–water partition coefficient (Wildman–Crippen LogP) is 4.08. The molecule has 30 heavy (non-hydrogen) atoms. The van der Waals surface area contributed by atoms with Gasteiger partial charge in [-0.2, -0.15) is 9.97 Å². The molecule has 1 atom stereocenters. The van der Waals surface area contributed by atoms with E-state index >= 15 is 0 Å². The highest BCUT2D eigenvalue weighted by Gasteiger charge is 2.23. The van der Waals surface area contributed by atoms with Gasteiger partial charge in [-0.3, -0.25) is 0 Å². The van der Waals surface area contributed by atoms with Gasteiger partial charge in [-0.1, -0.05) is 12.1 Å². The molecule has 2 aliphatic heterocycles. The van der Waals surface area contributed by atoms with Gasteiger partial charge in [0, 0.05) is 38.3 Å². The second-order valence-electron chi connectivity index (χ2n) is 8.07. The summed E-state index contributed by atoms with van der Waals surface area (Å²) in [5.74, 6) is 2.19. The van der Waals surface area contributed by atoms with E-state index in [1.165, 1.54) is 44.2 Å². The quantitative estimate of drug-likeness (QED) is 0.696. The molecule has 2 saturated heterocycles. The highest BCUT2D eigenvalue weighted by Crippen LogP contribution is 2.28. The Hall–Kier alpha value is -2.48. The van der Waals surface area contributed by atoms with Crippen LogP contribution in [0.3, 0.4) is 0 Å². The Balaban J connectivity index is 1.49. The zero-order valence-corrected chi connectivity index (χ0v) is 18.2. The lowest BCUT2D eigenvalue weighted by atomic mass is 10.0. The molecule has 1 aromatic carbocycles. The molecule has 0 spiro atoms. The Bertz CT molecular complexity index is 868. The number of anilines is 3. The van der Waals surface area contributed by atoms with Gasteiger partial charge in [-0.25, -0.2) is 4.39 Å². The first-order valence-electron chi connectivity index (χ1n) is 10.8. The molecule has 4 rings (SSSR count). The third-order valence-corrected chi connectivity index (χ3v) is 6.06. The van der Waals surface area contributed by atoms with E-state index in [2.05, 4.69) is 33.4 Å². The maximum absolute atomic E-state index is 13.1. The van der Waals surface area contributed by atoms with Crippen molar-refractivity contribution in [3.8, 4) is 0 Å². The molecule has 2 fully saturated rings. The normalized spacial score (nSPS) is 19.1. The van der Waals surface area contributed by atoms with Gasteiger partial charge < -0.3 is 20.4 Å². The summed E-state index contributed by atoms with van der Waals surface area (Å²) < 4.78 is 13.1. The molecule has 0 amide bonds. The van der Waals surface area contributed by atoms with Crippen molar-refractivity contribution in [2.24, 2.45) is 0 Å². The van der Waals surface area contributed by atoms with Crippen LogP contribution in [0.15, 0.2) is 30.3 Å². The molecule has 2 aliphatic rings. The number of nitrogens with one attached hydrogen (secondary N) is 2. The van der Waals surface area contributed by atoms with Crippen molar-refractivity contribution >= 4 is 34.9 Å². The van der Waals surface area contributed by atoms with Crippen LogP contribution >= 0.6 is 12.2 Å². The molecule has 160 valence electrons. The van der Waals surface area contributed by atoms with E-state index in [0.717, 1.165) is 36.8 Å². The summed E-state index contributed by atoms with van der Waals surface area (Å²) in [6.45, 7) is 5.84. The van der Waals surface area contributed by atoms with Crippen LogP contribution in [-0.2, 0) is 6.54 Å². The average Bonchev–Trinajstić information content (AvgIpc) is 3.28. The van der Waals surface area contributed by atoms with Crippen molar-refractivity contribution in [2.45, 2.75) is 51.6 Å². The molecule has 3 heterocycles. The first-order valence-corrected chi connectivity index (χ1v) is 11.2. The lowest BCUT2D eigenvalue weighted by molar-refractivity contribution is 0.481. The van der Waals surface area contributed by atoms with Gasteiger partial charge >= 0.3 is 0 Å². The van der Waals surface area contributed by atoms with Gasteiger partial charge in [0.05, 0.1) is 0 Å². The van der Waals surface area contributed by atoms with E-state index in [1.807, 2.05) is 0 Å². The number of piperidine rings is 1. The minimum atomic E-state index is -0.244. The number of thiocarbonyl (C=S) groups is 1. The zero-order chi connectivity index (χ0) is 20.9. The molecule has 2 aromatic rings. The summed E-state index contributed by atoms with van der Waals surface area (Å²) in [4.78, 5) is 14.2. The monoisotopic (exact) mass is 428 g/mol. The van der Waals surface area contributed by atoms with Crippen LogP contribution in [0.25, 0.3) is 0 Å². The summed E-state index contributed by atoms with van der Waals surface area (Å²) in [7, 11) is 0. The molecule has 0 bridgehead atoms. The van der Waals surface area contributed by atoms with Crippen molar-refractivity contribution in [1.82, 2.24) is 15.3 Å². The lowest BCUT2D eigenvalue weighted by Gasteiger charge is -2.35. The zero-order valence-electron chi connectivity index (χ0n) is 17.4. The molecule has 0 aliphatic carbocycles. The largest absolute Gasteiger partial charge is 0.358 e. The molecule has 6 nitrogen and oxygen atoms in total. The number of rotatable bonds is 5. The maximum atomic E-state index is 13.1. The molecular formula is C22H29FN6S. The van der Waals surface area contributed by atoms with E-state index in [1.54, 1.807) is 12.1 Å². The molecule has 0 radical (unpaired) electrons. The summed E-state index contributed by atoms with van der Waals surface area (Å²) in [6.07, 6.45) is 6.03. The van der Waals surface area contributed by atoms with Crippen LogP contribution < -0.4 is 20.4 Å². The third-order valence-electron chi connectivity index (χ3n) is 5.82. The van der Waals surface area contributed by atoms with Crippen LogP contribution in [0, 0.1) is 5.82 Å². The Morgan fingerprint density at radius 3 is 2.50 bits per heavy atom. The fourth-order valence-electron chi connectivity index (χ4n) is 4.10. The summed E-state index contributed by atoms with van der Waals surface area (Å²) >= 11 is 5.46. The fourth-order valence-corrected chi connectivity index (χ4v) is 4.27. The minimum Gasteiger partial charge on any atom is -0.358 e. The van der Waals surface area contributed by atoms with Crippen molar-refractivity contribution in [1.29, 1.82) is 0 Å². The van der Waals surface area contributed by atoms with Gasteiger partial charge in [0.25, 0.3) is 0 Å². The highest BCUT2D eigenvalue weighted by atomic mass is 32.1. The number of halogens is 1. The Morgan fingerprint density at radius 2 is 1.77 bits per heavy atom. The smallest absolute Gasteiger partial charge is 0.232 e. The number of hydrogen-bond donors (Lipinski definition) is 2. The standard InChI is InChI=1S/C22H29FN6S/c1-16-6-2-3-13-29(16)20-14-19(28-11-4-5-12-28)25-21(26-20)27-22(30)24-15-17-7-9-18(23)10-8-17/h7-10,14,16H,2-6,11-13,15H2,1H3,(H2,24,25,26,27,30)/t16-/m1/s1. The van der Waals surface area contributed by atoms with Crippen molar-refractivity contribution in [3.63, 3.8) is 0 Å². The van der Waals surface area contributed by atoms with E-state index in [4.69, 9.17) is 22.2 Å². The van der Waals surface area contributed by atoms with E-state index < -0.39 is 0 Å². The van der Waals surface area contributed by atoms with Crippen molar-refractivity contribution < 1.29 is 4.39 Å². The van der Waals surface area contributed by atoms with Gasteiger partial charge in [0.2, 0.25) is 5.95 Å². The Kier molecular flexibility index (Phi) is 6.62. The van der Waals surface area contributed by atoms with Crippen LogP contribution in [0.4, 0.5) is 22.0 Å².